The van der Waals surface area contributed by atoms with Crippen molar-refractivity contribution in [2.45, 2.75) is 23.4 Å². The maximum atomic E-state index is 12.4. The first-order valence-corrected chi connectivity index (χ1v) is 11.4. The minimum atomic E-state index is -3.77. The van der Waals surface area contributed by atoms with Gasteiger partial charge in [0.05, 0.1) is 10.6 Å². The van der Waals surface area contributed by atoms with Crippen molar-refractivity contribution in [1.29, 1.82) is 0 Å². The molecule has 1 aromatic carbocycles. The first-order valence-electron chi connectivity index (χ1n) is 8.09. The molecule has 0 aliphatic heterocycles. The zero-order valence-electron chi connectivity index (χ0n) is 15.0. The van der Waals surface area contributed by atoms with Gasteiger partial charge in [-0.25, -0.2) is 8.42 Å². The molecule has 0 fully saturated rings. The van der Waals surface area contributed by atoms with Gasteiger partial charge in [-0.05, 0) is 30.7 Å². The number of thioether (sulfide) groups is 1. The molecule has 10 nitrogen and oxygen atoms in total. The van der Waals surface area contributed by atoms with E-state index in [4.69, 9.17) is 0 Å². The molecule has 2 N–H and O–H groups in total. The summed E-state index contributed by atoms with van der Waals surface area (Å²) in [5, 5.41) is 19.6. The molecule has 0 aliphatic carbocycles. The largest absolute Gasteiger partial charge is 0.325 e. The minimum Gasteiger partial charge on any atom is -0.325 e. The topological polar surface area (TPSA) is 132 Å². The number of benzene rings is 1. The SMILES string of the molecule is CCc1nnc(NS(=O)(=O)c2ccc(NC(=O)CSc3nncn3C)cc2)s1. The number of hydrogen-bond acceptors (Lipinski definition) is 9. The second-order valence-corrected chi connectivity index (χ2v) is 9.23. The number of amides is 1. The highest BCUT2D eigenvalue weighted by Crippen LogP contribution is 2.21. The molecule has 0 saturated carbocycles. The number of aromatic nitrogens is 5. The van der Waals surface area contributed by atoms with Gasteiger partial charge in [0.15, 0.2) is 5.16 Å². The molecule has 0 spiro atoms. The predicted octanol–water partition coefficient (Wildman–Crippen LogP) is 1.76. The van der Waals surface area contributed by atoms with Crippen LogP contribution in [0.25, 0.3) is 0 Å². The highest BCUT2D eigenvalue weighted by molar-refractivity contribution is 7.99. The van der Waals surface area contributed by atoms with E-state index in [9.17, 15) is 13.2 Å². The Kier molecular flexibility index (Phi) is 6.26. The van der Waals surface area contributed by atoms with Gasteiger partial charge in [0.25, 0.3) is 10.0 Å². The lowest BCUT2D eigenvalue weighted by Crippen LogP contribution is -2.15. The predicted molar refractivity (Wildman–Crippen MR) is 107 cm³/mol. The van der Waals surface area contributed by atoms with E-state index in [1.807, 2.05) is 6.92 Å². The van der Waals surface area contributed by atoms with Crippen LogP contribution in [0.2, 0.25) is 0 Å². The van der Waals surface area contributed by atoms with Gasteiger partial charge in [0.1, 0.15) is 11.3 Å². The van der Waals surface area contributed by atoms with Crippen LogP contribution >= 0.6 is 23.1 Å². The van der Waals surface area contributed by atoms with Gasteiger partial charge < -0.3 is 9.88 Å². The highest BCUT2D eigenvalue weighted by atomic mass is 32.2. The summed E-state index contributed by atoms with van der Waals surface area (Å²) < 4.78 is 29.0. The Morgan fingerprint density at radius 3 is 2.57 bits per heavy atom. The number of nitrogens with zero attached hydrogens (tertiary/aromatic N) is 5. The molecule has 2 aromatic heterocycles. The Morgan fingerprint density at radius 1 is 1.21 bits per heavy atom. The first kappa shape index (κ1) is 20.2. The average molecular weight is 440 g/mol. The lowest BCUT2D eigenvalue weighted by Gasteiger charge is -2.07. The number of rotatable bonds is 8. The summed E-state index contributed by atoms with van der Waals surface area (Å²) >= 11 is 2.44. The Bertz CT molecular complexity index is 1060. The van der Waals surface area contributed by atoms with E-state index in [2.05, 4.69) is 30.4 Å². The van der Waals surface area contributed by atoms with Gasteiger partial charge in [-0.3, -0.25) is 9.52 Å². The third-order valence-corrected chi connectivity index (χ3v) is 6.94. The molecule has 0 unspecified atom stereocenters. The van der Waals surface area contributed by atoms with Crippen molar-refractivity contribution in [3.05, 3.63) is 35.6 Å². The normalized spacial score (nSPS) is 11.4. The van der Waals surface area contributed by atoms with Crippen LogP contribution in [0.15, 0.2) is 40.6 Å². The molecule has 148 valence electrons. The van der Waals surface area contributed by atoms with Crippen LogP contribution in [0.3, 0.4) is 0 Å². The molecular formula is C15H17N7O3S3. The van der Waals surface area contributed by atoms with Crippen molar-refractivity contribution >= 4 is 49.8 Å². The second-order valence-electron chi connectivity index (χ2n) is 5.55. The van der Waals surface area contributed by atoms with Gasteiger partial charge in [0.2, 0.25) is 11.0 Å². The highest BCUT2D eigenvalue weighted by Gasteiger charge is 2.17. The van der Waals surface area contributed by atoms with Crippen molar-refractivity contribution in [3.8, 4) is 0 Å². The second kappa shape index (κ2) is 8.67. The summed E-state index contributed by atoms with van der Waals surface area (Å²) in [5.41, 5.74) is 0.492. The van der Waals surface area contributed by atoms with Crippen LogP contribution in [0.1, 0.15) is 11.9 Å². The molecule has 0 saturated heterocycles. The smallest absolute Gasteiger partial charge is 0.263 e. The maximum absolute atomic E-state index is 12.4. The Labute approximate surface area is 169 Å². The first-order chi connectivity index (χ1) is 13.4. The standard InChI is InChI=1S/C15H17N7O3S3/c1-3-13-18-19-14(27-13)21-28(24,25)11-6-4-10(5-7-11)17-12(23)8-26-15-20-16-9-22(15)2/h4-7,9H,3,8H2,1-2H3,(H,17,23)(H,19,21). The van der Waals surface area contributed by atoms with Crippen molar-refractivity contribution in [2.24, 2.45) is 7.05 Å². The lowest BCUT2D eigenvalue weighted by atomic mass is 10.3. The van der Waals surface area contributed by atoms with Crippen molar-refractivity contribution in [1.82, 2.24) is 25.0 Å². The van der Waals surface area contributed by atoms with Gasteiger partial charge in [0, 0.05) is 12.7 Å². The molecule has 0 atom stereocenters. The van der Waals surface area contributed by atoms with Gasteiger partial charge in [-0.1, -0.05) is 30.0 Å². The molecular weight excluding hydrogens is 422 g/mol. The molecule has 2 heterocycles. The Morgan fingerprint density at radius 2 is 1.96 bits per heavy atom. The van der Waals surface area contributed by atoms with Crippen LogP contribution in [-0.4, -0.2) is 45.0 Å². The maximum Gasteiger partial charge on any atom is 0.263 e. The minimum absolute atomic E-state index is 0.0622. The fourth-order valence-electron chi connectivity index (χ4n) is 2.06. The monoisotopic (exact) mass is 439 g/mol. The zero-order chi connectivity index (χ0) is 20.1. The molecule has 28 heavy (non-hydrogen) atoms. The molecule has 3 aromatic rings. The summed E-state index contributed by atoms with van der Waals surface area (Å²) in [7, 11) is -1.98. The zero-order valence-corrected chi connectivity index (χ0v) is 17.4. The fraction of sp³-hybridized carbons (Fsp3) is 0.267. The number of carbonyl (C=O) groups excluding carboxylic acids is 1. The van der Waals surface area contributed by atoms with Crippen LogP contribution in [0.4, 0.5) is 10.8 Å². The summed E-state index contributed by atoms with van der Waals surface area (Å²) in [5.74, 6) is -0.0759. The summed E-state index contributed by atoms with van der Waals surface area (Å²) in [4.78, 5) is 12.1. The van der Waals surface area contributed by atoms with Gasteiger partial charge in [-0.2, -0.15) is 0 Å². The molecule has 0 aliphatic rings. The van der Waals surface area contributed by atoms with E-state index in [1.54, 1.807) is 17.9 Å². The van der Waals surface area contributed by atoms with E-state index in [-0.39, 0.29) is 21.7 Å². The van der Waals surface area contributed by atoms with Crippen LogP contribution < -0.4 is 10.0 Å². The van der Waals surface area contributed by atoms with Crippen LogP contribution in [-0.2, 0) is 28.3 Å². The summed E-state index contributed by atoms with van der Waals surface area (Å²) in [6, 6.07) is 5.87. The number of hydrogen-bond donors (Lipinski definition) is 2. The fourth-order valence-corrected chi connectivity index (χ4v) is 4.66. The Balaban J connectivity index is 1.59. The van der Waals surface area contributed by atoms with E-state index in [1.165, 1.54) is 47.4 Å². The molecule has 1 amide bonds. The van der Waals surface area contributed by atoms with Crippen LogP contribution in [0.5, 0.6) is 0 Å². The molecule has 13 heteroatoms. The van der Waals surface area contributed by atoms with E-state index >= 15 is 0 Å². The van der Waals surface area contributed by atoms with E-state index in [0.29, 0.717) is 17.3 Å². The van der Waals surface area contributed by atoms with E-state index < -0.39 is 10.0 Å². The third-order valence-electron chi connectivity index (χ3n) is 3.44. The summed E-state index contributed by atoms with van der Waals surface area (Å²) in [6.07, 6.45) is 2.24. The number of anilines is 2. The summed E-state index contributed by atoms with van der Waals surface area (Å²) in [6.45, 7) is 1.91. The van der Waals surface area contributed by atoms with Gasteiger partial charge >= 0.3 is 0 Å². The number of nitrogens with one attached hydrogen (secondary N) is 2. The third kappa shape index (κ3) is 5.05. The number of sulfonamides is 1. The van der Waals surface area contributed by atoms with E-state index in [0.717, 1.165) is 5.01 Å². The lowest BCUT2D eigenvalue weighted by molar-refractivity contribution is -0.113. The number of aryl methyl sites for hydroxylation is 2. The quantitative estimate of drug-likeness (QED) is 0.508. The van der Waals surface area contributed by atoms with Crippen molar-refractivity contribution in [3.63, 3.8) is 0 Å². The molecule has 3 rings (SSSR count). The van der Waals surface area contributed by atoms with Crippen molar-refractivity contribution in [2.75, 3.05) is 15.8 Å². The molecule has 0 radical (unpaired) electrons. The number of carbonyl (C=O) groups is 1. The van der Waals surface area contributed by atoms with Crippen LogP contribution in [0, 0.1) is 0 Å². The van der Waals surface area contributed by atoms with Crippen molar-refractivity contribution < 1.29 is 13.2 Å². The van der Waals surface area contributed by atoms with Gasteiger partial charge in [-0.15, -0.1) is 20.4 Å². The Hall–Kier alpha value is -2.51. The molecule has 0 bridgehead atoms. The average Bonchev–Trinajstić information content (AvgIpc) is 3.28.